The van der Waals surface area contributed by atoms with Gasteiger partial charge in [-0.15, -0.1) is 0 Å². The maximum atomic E-state index is 10.4. The van der Waals surface area contributed by atoms with Gasteiger partial charge in [-0.25, -0.2) is 0 Å². The Morgan fingerprint density at radius 2 is 2.00 bits per heavy atom. The highest BCUT2D eigenvalue weighted by Gasteiger charge is 2.02. The smallest absolute Gasteiger partial charge is 0.304 e. The fourth-order valence-electron chi connectivity index (χ4n) is 0.890. The zero-order valence-corrected chi connectivity index (χ0v) is 8.77. The van der Waals surface area contributed by atoms with Gasteiger partial charge in [-0.3, -0.25) is 4.79 Å². The predicted molar refractivity (Wildman–Crippen MR) is 55.6 cm³/mol. The van der Waals surface area contributed by atoms with E-state index >= 15 is 0 Å². The summed E-state index contributed by atoms with van der Waals surface area (Å²) in [4.78, 5) is 10.4. The van der Waals surface area contributed by atoms with Crippen LogP contribution in [0, 0.1) is 0 Å². The van der Waals surface area contributed by atoms with Crippen LogP contribution in [0.15, 0.2) is 24.3 Å². The lowest BCUT2D eigenvalue weighted by atomic mass is 10.3. The van der Waals surface area contributed by atoms with Crippen molar-refractivity contribution < 1.29 is 14.6 Å². The van der Waals surface area contributed by atoms with Crippen LogP contribution in [-0.4, -0.2) is 17.4 Å². The molecule has 14 heavy (non-hydrogen) atoms. The largest absolute Gasteiger partial charge is 0.436 e. The molecule has 0 bridgehead atoms. The van der Waals surface area contributed by atoms with Crippen molar-refractivity contribution in [2.75, 3.05) is 0 Å². The molecule has 0 radical (unpaired) electrons. The van der Waals surface area contributed by atoms with Gasteiger partial charge < -0.3 is 9.84 Å². The monoisotopic (exact) mass is 198 g/mol. The van der Waals surface area contributed by atoms with Crippen molar-refractivity contribution in [3.63, 3.8) is 0 Å². The molecule has 0 spiro atoms. The summed E-state index contributed by atoms with van der Waals surface area (Å²) in [7, 11) is 0. The number of rotatable bonds is 6. The van der Waals surface area contributed by atoms with Gasteiger partial charge in [0.25, 0.3) is 0 Å². The summed E-state index contributed by atoms with van der Waals surface area (Å²) in [5, 5.41) is 9.11. The number of allylic oxidation sites excluding steroid dienone is 3. The lowest BCUT2D eigenvalue weighted by Gasteiger charge is -2.06. The quantitative estimate of drug-likeness (QED) is 0.404. The first kappa shape index (κ1) is 12.9. The molecule has 0 aliphatic carbocycles. The molecule has 3 nitrogen and oxygen atoms in total. The Morgan fingerprint density at radius 1 is 1.36 bits per heavy atom. The lowest BCUT2D eigenvalue weighted by molar-refractivity contribution is -0.164. The maximum absolute atomic E-state index is 10.4. The minimum absolute atomic E-state index is 0.347. The Bertz CT molecular complexity index is 207. The summed E-state index contributed by atoms with van der Waals surface area (Å²) in [6.07, 6.45) is 9.07. The molecule has 1 atom stereocenters. The van der Waals surface area contributed by atoms with Crippen molar-refractivity contribution in [3.8, 4) is 0 Å². The third-order valence-corrected chi connectivity index (χ3v) is 1.48. The Kier molecular flexibility index (Phi) is 7.84. The predicted octanol–water partition coefficient (Wildman–Crippen LogP) is 2.17. The highest BCUT2D eigenvalue weighted by atomic mass is 16.6. The zero-order chi connectivity index (χ0) is 10.8. The molecular weight excluding hydrogens is 180 g/mol. The topological polar surface area (TPSA) is 46.5 Å². The first-order chi connectivity index (χ1) is 6.66. The van der Waals surface area contributed by atoms with Crippen LogP contribution >= 0.6 is 0 Å². The van der Waals surface area contributed by atoms with Crippen LogP contribution in [0.3, 0.4) is 0 Å². The number of aliphatic hydroxyl groups excluding tert-OH is 1. The summed E-state index contributed by atoms with van der Waals surface area (Å²) in [5.74, 6) is -0.461. The molecule has 0 saturated carbocycles. The van der Waals surface area contributed by atoms with E-state index in [1.165, 1.54) is 6.92 Å². The van der Waals surface area contributed by atoms with E-state index in [2.05, 4.69) is 23.8 Å². The molecule has 0 heterocycles. The highest BCUT2D eigenvalue weighted by Crippen LogP contribution is 1.97. The Morgan fingerprint density at radius 3 is 2.57 bits per heavy atom. The van der Waals surface area contributed by atoms with Gasteiger partial charge >= 0.3 is 5.97 Å². The Hall–Kier alpha value is -1.09. The number of ether oxygens (including phenoxy) is 1. The molecule has 80 valence electrons. The second kappa shape index (κ2) is 8.51. The van der Waals surface area contributed by atoms with Gasteiger partial charge in [0.05, 0.1) is 0 Å². The normalized spacial score (nSPS) is 13.6. The highest BCUT2D eigenvalue weighted by molar-refractivity contribution is 5.66. The zero-order valence-electron chi connectivity index (χ0n) is 8.77. The molecule has 0 aliphatic rings. The fraction of sp³-hybridized carbons (Fsp3) is 0.545. The standard InChI is InChI=1S/C11H18O3/c1-3-4-5-6-7-8-9-11(13)14-10(2)12/h4-5,7-8,11,13H,3,6,9H2,1-2H3/b5-4+,8-7+. The summed E-state index contributed by atoms with van der Waals surface area (Å²) in [6, 6.07) is 0. The number of hydrogen-bond donors (Lipinski definition) is 1. The van der Waals surface area contributed by atoms with E-state index in [0.717, 1.165) is 12.8 Å². The van der Waals surface area contributed by atoms with E-state index in [4.69, 9.17) is 5.11 Å². The molecule has 0 fully saturated rings. The molecule has 1 N–H and O–H groups in total. The van der Waals surface area contributed by atoms with Gasteiger partial charge in [-0.05, 0) is 12.8 Å². The van der Waals surface area contributed by atoms with Crippen molar-refractivity contribution in [3.05, 3.63) is 24.3 Å². The van der Waals surface area contributed by atoms with Crippen molar-refractivity contribution >= 4 is 5.97 Å². The molecular formula is C11H18O3. The third-order valence-electron chi connectivity index (χ3n) is 1.48. The van der Waals surface area contributed by atoms with E-state index in [1.807, 2.05) is 6.08 Å². The molecule has 3 heteroatoms. The van der Waals surface area contributed by atoms with Crippen molar-refractivity contribution in [2.45, 2.75) is 39.4 Å². The van der Waals surface area contributed by atoms with Crippen LogP contribution in [-0.2, 0) is 9.53 Å². The number of carbonyl (C=O) groups excluding carboxylic acids is 1. The van der Waals surface area contributed by atoms with Crippen molar-refractivity contribution in [1.29, 1.82) is 0 Å². The van der Waals surface area contributed by atoms with E-state index < -0.39 is 12.3 Å². The first-order valence-electron chi connectivity index (χ1n) is 4.82. The Balaban J connectivity index is 3.50. The molecule has 0 aromatic rings. The molecule has 0 saturated heterocycles. The summed E-state index contributed by atoms with van der Waals surface area (Å²) >= 11 is 0. The van der Waals surface area contributed by atoms with Crippen LogP contribution in [0.25, 0.3) is 0 Å². The second-order valence-electron chi connectivity index (χ2n) is 2.89. The number of hydrogen-bond acceptors (Lipinski definition) is 3. The molecule has 0 aromatic carbocycles. The van der Waals surface area contributed by atoms with E-state index in [9.17, 15) is 4.79 Å². The number of esters is 1. The van der Waals surface area contributed by atoms with E-state index in [1.54, 1.807) is 6.08 Å². The molecule has 0 aliphatic heterocycles. The maximum Gasteiger partial charge on any atom is 0.304 e. The van der Waals surface area contributed by atoms with Gasteiger partial charge in [0.15, 0.2) is 0 Å². The van der Waals surface area contributed by atoms with Crippen molar-refractivity contribution in [1.82, 2.24) is 0 Å². The molecule has 0 rings (SSSR count). The summed E-state index contributed by atoms with van der Waals surface area (Å²) in [6.45, 7) is 3.35. The summed E-state index contributed by atoms with van der Waals surface area (Å²) < 4.78 is 4.53. The van der Waals surface area contributed by atoms with Crippen LogP contribution in [0.5, 0.6) is 0 Å². The van der Waals surface area contributed by atoms with Gasteiger partial charge in [0.1, 0.15) is 0 Å². The summed E-state index contributed by atoms with van der Waals surface area (Å²) in [5.41, 5.74) is 0. The molecule has 0 aromatic heterocycles. The molecule has 1 unspecified atom stereocenters. The third kappa shape index (κ3) is 9.00. The number of aliphatic hydroxyl groups is 1. The first-order valence-corrected chi connectivity index (χ1v) is 4.82. The van der Waals surface area contributed by atoms with E-state index in [0.29, 0.717) is 6.42 Å². The average molecular weight is 198 g/mol. The minimum atomic E-state index is -1.01. The van der Waals surface area contributed by atoms with Gasteiger partial charge in [0, 0.05) is 13.3 Å². The van der Waals surface area contributed by atoms with Crippen LogP contribution in [0.4, 0.5) is 0 Å². The Labute approximate surface area is 85.1 Å². The van der Waals surface area contributed by atoms with Gasteiger partial charge in [-0.2, -0.15) is 0 Å². The average Bonchev–Trinajstić information content (AvgIpc) is 2.10. The SMILES string of the molecule is CC/C=C/C/C=C/CC(O)OC(C)=O. The lowest BCUT2D eigenvalue weighted by Crippen LogP contribution is -2.13. The second-order valence-corrected chi connectivity index (χ2v) is 2.89. The van der Waals surface area contributed by atoms with Crippen LogP contribution in [0.2, 0.25) is 0 Å². The van der Waals surface area contributed by atoms with Gasteiger partial charge in [0.2, 0.25) is 6.29 Å². The molecule has 0 amide bonds. The fourth-order valence-corrected chi connectivity index (χ4v) is 0.890. The minimum Gasteiger partial charge on any atom is -0.436 e. The van der Waals surface area contributed by atoms with E-state index in [-0.39, 0.29) is 0 Å². The van der Waals surface area contributed by atoms with Crippen LogP contribution < -0.4 is 0 Å². The van der Waals surface area contributed by atoms with Gasteiger partial charge in [-0.1, -0.05) is 31.2 Å². The van der Waals surface area contributed by atoms with Crippen LogP contribution in [0.1, 0.15) is 33.1 Å². The number of carbonyl (C=O) groups is 1. The van der Waals surface area contributed by atoms with Crippen molar-refractivity contribution in [2.24, 2.45) is 0 Å².